The third-order valence-electron chi connectivity index (χ3n) is 2.33. The van der Waals surface area contributed by atoms with Crippen LogP contribution in [0.25, 0.3) is 0 Å². The quantitative estimate of drug-likeness (QED) is 0.853. The number of carbonyl (C=O) groups excluding carboxylic acids is 1. The fraction of sp³-hybridized carbons (Fsp3) is 0.0833. The summed E-state index contributed by atoms with van der Waals surface area (Å²) < 4.78 is 0. The molecule has 0 aliphatic rings. The van der Waals surface area contributed by atoms with Gasteiger partial charge in [-0.3, -0.25) is 4.79 Å². The molecule has 0 bridgehead atoms. The minimum Gasteiger partial charge on any atom is -0.356 e. The van der Waals surface area contributed by atoms with Gasteiger partial charge in [-0.2, -0.15) is 0 Å². The van der Waals surface area contributed by atoms with Crippen LogP contribution in [0.15, 0.2) is 30.5 Å². The average molecular weight is 269 g/mol. The van der Waals surface area contributed by atoms with E-state index in [0.717, 1.165) is 11.3 Å². The molecule has 0 atom stereocenters. The second-order valence-electron chi connectivity index (χ2n) is 3.64. The van der Waals surface area contributed by atoms with E-state index in [4.69, 9.17) is 23.2 Å². The summed E-state index contributed by atoms with van der Waals surface area (Å²) in [6, 6.07) is 6.85. The van der Waals surface area contributed by atoms with Gasteiger partial charge in [0, 0.05) is 16.9 Å². The van der Waals surface area contributed by atoms with Crippen molar-refractivity contribution in [3.63, 3.8) is 0 Å². The predicted octanol–water partition coefficient (Wildman–Crippen LogP) is 3.88. The van der Waals surface area contributed by atoms with E-state index < -0.39 is 0 Å². The summed E-state index contributed by atoms with van der Waals surface area (Å²) in [5.41, 5.74) is 2.05. The van der Waals surface area contributed by atoms with Crippen LogP contribution in [-0.2, 0) is 0 Å². The van der Waals surface area contributed by atoms with E-state index in [0.29, 0.717) is 15.7 Å². The first-order valence-electron chi connectivity index (χ1n) is 4.97. The smallest absolute Gasteiger partial charge is 0.272 e. The number of carbonyl (C=O) groups is 1. The Kier molecular flexibility index (Phi) is 3.41. The monoisotopic (exact) mass is 268 g/mol. The molecule has 0 radical (unpaired) electrons. The maximum Gasteiger partial charge on any atom is 0.272 e. The molecule has 0 saturated carbocycles. The van der Waals surface area contributed by atoms with Gasteiger partial charge in [0.1, 0.15) is 5.69 Å². The molecule has 2 aromatic rings. The lowest BCUT2D eigenvalue weighted by Crippen LogP contribution is -2.12. The van der Waals surface area contributed by atoms with E-state index in [2.05, 4.69) is 10.3 Å². The highest BCUT2D eigenvalue weighted by Gasteiger charge is 2.09. The number of aromatic nitrogens is 1. The number of rotatable bonds is 2. The number of anilines is 1. The van der Waals surface area contributed by atoms with Crippen molar-refractivity contribution >= 4 is 34.8 Å². The second kappa shape index (κ2) is 4.82. The van der Waals surface area contributed by atoms with Gasteiger partial charge < -0.3 is 10.3 Å². The zero-order chi connectivity index (χ0) is 12.4. The van der Waals surface area contributed by atoms with Gasteiger partial charge in [-0.05, 0) is 36.8 Å². The van der Waals surface area contributed by atoms with Gasteiger partial charge in [-0.1, -0.05) is 23.2 Å². The molecule has 5 heteroatoms. The fourth-order valence-corrected chi connectivity index (χ4v) is 1.85. The largest absolute Gasteiger partial charge is 0.356 e. The van der Waals surface area contributed by atoms with Crippen LogP contribution in [0.1, 0.15) is 16.1 Å². The molecule has 1 aromatic carbocycles. The zero-order valence-electron chi connectivity index (χ0n) is 9.05. The molecule has 0 unspecified atom stereocenters. The van der Waals surface area contributed by atoms with E-state index in [1.54, 1.807) is 30.5 Å². The molecular formula is C12H10Cl2N2O. The summed E-state index contributed by atoms with van der Waals surface area (Å²) in [6.07, 6.45) is 1.56. The van der Waals surface area contributed by atoms with E-state index in [1.165, 1.54) is 0 Å². The second-order valence-corrected chi connectivity index (χ2v) is 4.52. The number of nitrogens with one attached hydrogen (secondary N) is 2. The highest BCUT2D eigenvalue weighted by atomic mass is 35.5. The molecule has 0 spiro atoms. The number of aromatic amines is 1. The van der Waals surface area contributed by atoms with Crippen LogP contribution in [0, 0.1) is 6.92 Å². The Morgan fingerprint density at radius 3 is 2.59 bits per heavy atom. The number of benzene rings is 1. The number of hydrogen-bond donors (Lipinski definition) is 2. The summed E-state index contributed by atoms with van der Waals surface area (Å²) in [4.78, 5) is 14.6. The normalized spacial score (nSPS) is 10.3. The lowest BCUT2D eigenvalue weighted by Gasteiger charge is -2.07. The number of aryl methyl sites for hydroxylation is 1. The molecule has 1 aromatic heterocycles. The highest BCUT2D eigenvalue weighted by molar-refractivity contribution is 6.31. The lowest BCUT2D eigenvalue weighted by atomic mass is 10.2. The van der Waals surface area contributed by atoms with Crippen LogP contribution < -0.4 is 5.32 Å². The van der Waals surface area contributed by atoms with Gasteiger partial charge in [-0.15, -0.1) is 0 Å². The summed E-state index contributed by atoms with van der Waals surface area (Å²) in [5.74, 6) is -0.234. The molecule has 0 aliphatic carbocycles. The maximum absolute atomic E-state index is 11.8. The van der Waals surface area contributed by atoms with E-state index in [9.17, 15) is 4.79 Å². The SMILES string of the molecule is Cc1cc(Cl)ccc1NC(=O)c1cc(Cl)c[nH]1. The maximum atomic E-state index is 11.8. The van der Waals surface area contributed by atoms with Crippen LogP contribution in [0.3, 0.4) is 0 Å². The fourth-order valence-electron chi connectivity index (χ4n) is 1.46. The van der Waals surface area contributed by atoms with Crippen molar-refractivity contribution in [3.05, 3.63) is 51.8 Å². The van der Waals surface area contributed by atoms with Gasteiger partial charge in [0.15, 0.2) is 0 Å². The third-order valence-corrected chi connectivity index (χ3v) is 2.78. The van der Waals surface area contributed by atoms with E-state index in [-0.39, 0.29) is 5.91 Å². The van der Waals surface area contributed by atoms with Gasteiger partial charge in [0.05, 0.1) is 5.02 Å². The minimum absolute atomic E-state index is 0.234. The van der Waals surface area contributed by atoms with Crippen molar-refractivity contribution in [3.8, 4) is 0 Å². The van der Waals surface area contributed by atoms with Crippen molar-refractivity contribution < 1.29 is 4.79 Å². The Hall–Kier alpha value is -1.45. The summed E-state index contributed by atoms with van der Waals surface area (Å²) >= 11 is 11.6. The van der Waals surface area contributed by atoms with Crippen LogP contribution in [0.4, 0.5) is 5.69 Å². The van der Waals surface area contributed by atoms with Crippen molar-refractivity contribution in [1.82, 2.24) is 4.98 Å². The van der Waals surface area contributed by atoms with Gasteiger partial charge >= 0.3 is 0 Å². The molecule has 2 rings (SSSR count). The summed E-state index contributed by atoms with van der Waals surface area (Å²) in [6.45, 7) is 1.88. The molecule has 1 heterocycles. The molecule has 88 valence electrons. The molecular weight excluding hydrogens is 259 g/mol. The zero-order valence-corrected chi connectivity index (χ0v) is 10.6. The van der Waals surface area contributed by atoms with Crippen LogP contribution >= 0.6 is 23.2 Å². The number of halogens is 2. The highest BCUT2D eigenvalue weighted by Crippen LogP contribution is 2.20. The predicted molar refractivity (Wildman–Crippen MR) is 69.9 cm³/mol. The molecule has 17 heavy (non-hydrogen) atoms. The van der Waals surface area contributed by atoms with Crippen molar-refractivity contribution in [2.75, 3.05) is 5.32 Å². The summed E-state index contributed by atoms with van der Waals surface area (Å²) in [5, 5.41) is 3.92. The minimum atomic E-state index is -0.234. The molecule has 0 fully saturated rings. The Morgan fingerprint density at radius 2 is 2.00 bits per heavy atom. The molecule has 2 N–H and O–H groups in total. The van der Waals surface area contributed by atoms with Gasteiger partial charge in [0.25, 0.3) is 5.91 Å². The molecule has 3 nitrogen and oxygen atoms in total. The average Bonchev–Trinajstić information content (AvgIpc) is 2.69. The van der Waals surface area contributed by atoms with Crippen LogP contribution in [-0.4, -0.2) is 10.9 Å². The van der Waals surface area contributed by atoms with E-state index in [1.807, 2.05) is 6.92 Å². The summed E-state index contributed by atoms with van der Waals surface area (Å²) in [7, 11) is 0. The Bertz CT molecular complexity index is 563. The molecule has 1 amide bonds. The Balaban J connectivity index is 2.18. The Labute approximate surface area is 109 Å². The first-order chi connectivity index (χ1) is 8.06. The number of H-pyrrole nitrogens is 1. The molecule has 0 aliphatic heterocycles. The molecule has 0 saturated heterocycles. The standard InChI is InChI=1S/C12H10Cl2N2O/c1-7-4-8(13)2-3-10(7)16-12(17)11-5-9(14)6-15-11/h2-6,15H,1H3,(H,16,17). The van der Waals surface area contributed by atoms with Crippen LogP contribution in [0.2, 0.25) is 10.0 Å². The third kappa shape index (κ3) is 2.81. The van der Waals surface area contributed by atoms with Gasteiger partial charge in [-0.25, -0.2) is 0 Å². The number of hydrogen-bond acceptors (Lipinski definition) is 1. The van der Waals surface area contributed by atoms with Crippen molar-refractivity contribution in [1.29, 1.82) is 0 Å². The van der Waals surface area contributed by atoms with Crippen molar-refractivity contribution in [2.24, 2.45) is 0 Å². The van der Waals surface area contributed by atoms with Crippen LogP contribution in [0.5, 0.6) is 0 Å². The topological polar surface area (TPSA) is 44.9 Å². The first-order valence-corrected chi connectivity index (χ1v) is 5.73. The van der Waals surface area contributed by atoms with E-state index >= 15 is 0 Å². The first kappa shape index (κ1) is 12.0. The number of amides is 1. The lowest BCUT2D eigenvalue weighted by molar-refractivity contribution is 0.102. The van der Waals surface area contributed by atoms with Crippen molar-refractivity contribution in [2.45, 2.75) is 6.92 Å². The van der Waals surface area contributed by atoms with Gasteiger partial charge in [0.2, 0.25) is 0 Å². The Morgan fingerprint density at radius 1 is 1.24 bits per heavy atom.